The Bertz CT molecular complexity index is 505. The molecule has 0 aliphatic carbocycles. The molecule has 0 radical (unpaired) electrons. The summed E-state index contributed by atoms with van der Waals surface area (Å²) in [5.74, 6) is 1.03. The maximum atomic E-state index is 5.62. The van der Waals surface area contributed by atoms with Gasteiger partial charge in [0.15, 0.2) is 0 Å². The minimum atomic E-state index is 0.188. The molecule has 3 heteroatoms. The molecule has 1 aromatic heterocycles. The van der Waals surface area contributed by atoms with Crippen molar-refractivity contribution in [2.24, 2.45) is 0 Å². The molecule has 2 nitrogen and oxygen atoms in total. The molecule has 3 rings (SSSR count). The van der Waals surface area contributed by atoms with Crippen molar-refractivity contribution in [3.05, 3.63) is 53.5 Å². The van der Waals surface area contributed by atoms with E-state index in [0.717, 1.165) is 30.8 Å². The van der Waals surface area contributed by atoms with Crippen LogP contribution in [0.1, 0.15) is 27.9 Å². The van der Waals surface area contributed by atoms with Crippen LogP contribution >= 0.6 is 15.9 Å². The van der Waals surface area contributed by atoms with Crippen molar-refractivity contribution in [3.63, 3.8) is 0 Å². The SMILES string of the molecule is BrC(c1ccoc1)c1ccc2c(c1)CCCO2. The van der Waals surface area contributed by atoms with Gasteiger partial charge in [0.05, 0.1) is 24.0 Å². The molecule has 17 heavy (non-hydrogen) atoms. The highest BCUT2D eigenvalue weighted by atomic mass is 79.9. The van der Waals surface area contributed by atoms with Crippen LogP contribution < -0.4 is 4.74 Å². The normalized spacial score (nSPS) is 16.1. The quantitative estimate of drug-likeness (QED) is 0.778. The number of halogens is 1. The zero-order valence-corrected chi connectivity index (χ0v) is 10.9. The Hall–Kier alpha value is -1.22. The van der Waals surface area contributed by atoms with Crippen molar-refractivity contribution in [1.82, 2.24) is 0 Å². The highest BCUT2D eigenvalue weighted by Crippen LogP contribution is 2.34. The first kappa shape index (κ1) is 10.9. The van der Waals surface area contributed by atoms with E-state index in [0.29, 0.717) is 0 Å². The van der Waals surface area contributed by atoms with E-state index in [1.807, 2.05) is 6.07 Å². The molecular weight excluding hydrogens is 280 g/mol. The van der Waals surface area contributed by atoms with Crippen LogP contribution in [0.2, 0.25) is 0 Å². The van der Waals surface area contributed by atoms with E-state index in [1.165, 1.54) is 11.1 Å². The van der Waals surface area contributed by atoms with Gasteiger partial charge in [0, 0.05) is 5.56 Å². The van der Waals surface area contributed by atoms with Crippen LogP contribution in [0.3, 0.4) is 0 Å². The van der Waals surface area contributed by atoms with E-state index in [4.69, 9.17) is 9.15 Å². The summed E-state index contributed by atoms with van der Waals surface area (Å²) in [5, 5.41) is 0. The smallest absolute Gasteiger partial charge is 0.122 e. The summed E-state index contributed by atoms with van der Waals surface area (Å²) in [4.78, 5) is 0.188. The average Bonchev–Trinajstić information content (AvgIpc) is 2.91. The van der Waals surface area contributed by atoms with Crippen molar-refractivity contribution in [2.75, 3.05) is 6.61 Å². The van der Waals surface area contributed by atoms with Gasteiger partial charge in [0.25, 0.3) is 0 Å². The number of furan rings is 1. The summed E-state index contributed by atoms with van der Waals surface area (Å²) < 4.78 is 10.7. The van der Waals surface area contributed by atoms with Gasteiger partial charge in [0.2, 0.25) is 0 Å². The number of fused-ring (bicyclic) bond motifs is 1. The summed E-state index contributed by atoms with van der Waals surface area (Å²) in [7, 11) is 0. The van der Waals surface area contributed by atoms with Crippen molar-refractivity contribution in [2.45, 2.75) is 17.7 Å². The molecule has 0 saturated carbocycles. The lowest BCUT2D eigenvalue weighted by Crippen LogP contribution is -2.08. The monoisotopic (exact) mass is 292 g/mol. The van der Waals surface area contributed by atoms with E-state index in [-0.39, 0.29) is 4.83 Å². The highest BCUT2D eigenvalue weighted by molar-refractivity contribution is 9.09. The van der Waals surface area contributed by atoms with Gasteiger partial charge >= 0.3 is 0 Å². The minimum absolute atomic E-state index is 0.188. The lowest BCUT2D eigenvalue weighted by atomic mass is 10.00. The molecular formula is C14H13BrO2. The maximum absolute atomic E-state index is 5.62. The van der Waals surface area contributed by atoms with Gasteiger partial charge in [-0.3, -0.25) is 0 Å². The number of ether oxygens (including phenoxy) is 1. The van der Waals surface area contributed by atoms with Gasteiger partial charge in [0.1, 0.15) is 5.75 Å². The number of benzene rings is 1. The fraction of sp³-hybridized carbons (Fsp3) is 0.286. The van der Waals surface area contributed by atoms with E-state index < -0.39 is 0 Å². The second-order valence-electron chi connectivity index (χ2n) is 4.24. The first-order valence-electron chi connectivity index (χ1n) is 5.76. The molecule has 1 atom stereocenters. The number of aryl methyl sites for hydroxylation is 1. The molecule has 1 aliphatic rings. The van der Waals surface area contributed by atoms with E-state index >= 15 is 0 Å². The van der Waals surface area contributed by atoms with Gasteiger partial charge in [-0.15, -0.1) is 0 Å². The summed E-state index contributed by atoms with van der Waals surface area (Å²) >= 11 is 3.70. The van der Waals surface area contributed by atoms with Crippen molar-refractivity contribution in [1.29, 1.82) is 0 Å². The Labute approximate surface area is 109 Å². The van der Waals surface area contributed by atoms with Crippen molar-refractivity contribution >= 4 is 15.9 Å². The molecule has 0 N–H and O–H groups in total. The van der Waals surface area contributed by atoms with Crippen molar-refractivity contribution in [3.8, 4) is 5.75 Å². The average molecular weight is 293 g/mol. The summed E-state index contributed by atoms with van der Waals surface area (Å²) in [5.41, 5.74) is 3.69. The first-order chi connectivity index (χ1) is 8.34. The second kappa shape index (κ2) is 4.57. The fourth-order valence-corrected chi connectivity index (χ4v) is 2.69. The third-order valence-electron chi connectivity index (χ3n) is 3.06. The molecule has 1 aliphatic heterocycles. The molecule has 0 saturated heterocycles. The first-order valence-corrected chi connectivity index (χ1v) is 6.68. The van der Waals surface area contributed by atoms with Gasteiger partial charge < -0.3 is 9.15 Å². The lowest BCUT2D eigenvalue weighted by Gasteiger charge is -2.19. The van der Waals surface area contributed by atoms with Gasteiger partial charge in [-0.05, 0) is 36.1 Å². The van der Waals surface area contributed by atoms with Gasteiger partial charge in [-0.1, -0.05) is 28.1 Å². The van der Waals surface area contributed by atoms with Gasteiger partial charge in [-0.25, -0.2) is 0 Å². The Kier molecular flexibility index (Phi) is 2.93. The molecule has 2 aromatic rings. The molecule has 0 amide bonds. The standard InChI is InChI=1S/C14H13BrO2/c15-14(12-5-7-16-9-12)11-3-4-13-10(8-11)2-1-6-17-13/h3-5,7-9,14H,1-2,6H2. The minimum Gasteiger partial charge on any atom is -0.493 e. The lowest BCUT2D eigenvalue weighted by molar-refractivity contribution is 0.288. The van der Waals surface area contributed by atoms with E-state index in [2.05, 4.69) is 34.1 Å². The van der Waals surface area contributed by atoms with Crippen LogP contribution in [0.5, 0.6) is 5.75 Å². The number of hydrogen-bond acceptors (Lipinski definition) is 2. The molecule has 2 heterocycles. The molecule has 0 fully saturated rings. The zero-order valence-electron chi connectivity index (χ0n) is 9.36. The predicted molar refractivity (Wildman–Crippen MR) is 69.7 cm³/mol. The Morgan fingerprint density at radius 3 is 2.94 bits per heavy atom. The van der Waals surface area contributed by atoms with Crippen molar-refractivity contribution < 1.29 is 9.15 Å². The molecule has 0 spiro atoms. The molecule has 1 aromatic carbocycles. The predicted octanol–water partition coefficient (Wildman–Crippen LogP) is 4.09. The van der Waals surface area contributed by atoms with Crippen LogP contribution in [0.4, 0.5) is 0 Å². The summed E-state index contributed by atoms with van der Waals surface area (Å²) in [6.45, 7) is 0.839. The fourth-order valence-electron chi connectivity index (χ4n) is 2.15. The second-order valence-corrected chi connectivity index (χ2v) is 5.15. The topological polar surface area (TPSA) is 22.4 Å². The van der Waals surface area contributed by atoms with Crippen LogP contribution in [-0.2, 0) is 6.42 Å². The van der Waals surface area contributed by atoms with Crippen LogP contribution in [0.25, 0.3) is 0 Å². The Balaban J connectivity index is 1.93. The number of rotatable bonds is 2. The molecule has 88 valence electrons. The van der Waals surface area contributed by atoms with Crippen LogP contribution in [-0.4, -0.2) is 6.61 Å². The highest BCUT2D eigenvalue weighted by Gasteiger charge is 2.16. The van der Waals surface area contributed by atoms with Crippen LogP contribution in [0.15, 0.2) is 41.2 Å². The number of alkyl halides is 1. The Morgan fingerprint density at radius 2 is 2.12 bits per heavy atom. The molecule has 1 unspecified atom stereocenters. The Morgan fingerprint density at radius 1 is 1.18 bits per heavy atom. The third-order valence-corrected chi connectivity index (χ3v) is 4.12. The largest absolute Gasteiger partial charge is 0.493 e. The summed E-state index contributed by atoms with van der Waals surface area (Å²) in [6, 6.07) is 8.38. The summed E-state index contributed by atoms with van der Waals surface area (Å²) in [6.07, 6.45) is 5.68. The van der Waals surface area contributed by atoms with Crippen LogP contribution in [0, 0.1) is 0 Å². The number of hydrogen-bond donors (Lipinski definition) is 0. The van der Waals surface area contributed by atoms with Gasteiger partial charge in [-0.2, -0.15) is 0 Å². The maximum Gasteiger partial charge on any atom is 0.122 e. The van der Waals surface area contributed by atoms with E-state index in [1.54, 1.807) is 12.5 Å². The zero-order chi connectivity index (χ0) is 11.7. The van der Waals surface area contributed by atoms with E-state index in [9.17, 15) is 0 Å². The third kappa shape index (κ3) is 2.12. The molecule has 0 bridgehead atoms.